The fraction of sp³-hybridized carbons (Fsp3) is 0.500. The maximum atomic E-state index is 12.8. The molecule has 1 aromatic carbocycles. The number of hydrogen-bond donors (Lipinski definition) is 1. The van der Waals surface area contributed by atoms with Crippen LogP contribution < -0.4 is 4.74 Å². The molecule has 0 spiro atoms. The van der Waals surface area contributed by atoms with E-state index in [1.54, 1.807) is 12.1 Å². The van der Waals surface area contributed by atoms with Crippen molar-refractivity contribution in [1.82, 2.24) is 4.31 Å². The Morgan fingerprint density at radius 3 is 2.73 bits per heavy atom. The zero-order valence-electron chi connectivity index (χ0n) is 12.5. The summed E-state index contributed by atoms with van der Waals surface area (Å²) in [5.74, 6) is -0.941. The molecule has 1 heterocycles. The maximum Gasteiger partial charge on any atom is 0.322 e. The second-order valence-corrected chi connectivity index (χ2v) is 6.89. The first-order valence-electron chi connectivity index (χ1n) is 6.82. The summed E-state index contributed by atoms with van der Waals surface area (Å²) in [6.07, 6.45) is 0.838. The molecular weight excluding hydrogens is 310 g/mol. The molecule has 1 aliphatic heterocycles. The first-order chi connectivity index (χ1) is 10.4. The van der Waals surface area contributed by atoms with Crippen LogP contribution in [0.2, 0.25) is 0 Å². The van der Waals surface area contributed by atoms with E-state index in [0.717, 1.165) is 4.31 Å². The quantitative estimate of drug-likeness (QED) is 0.839. The van der Waals surface area contributed by atoms with Crippen LogP contribution in [-0.4, -0.2) is 50.6 Å². The molecule has 0 aromatic heterocycles. The molecule has 0 aliphatic carbocycles. The summed E-state index contributed by atoms with van der Waals surface area (Å²) in [6.45, 7) is 0.450. The van der Waals surface area contributed by atoms with Gasteiger partial charge < -0.3 is 14.6 Å². The molecule has 1 aliphatic rings. The second kappa shape index (κ2) is 6.64. The van der Waals surface area contributed by atoms with Gasteiger partial charge in [0, 0.05) is 13.7 Å². The van der Waals surface area contributed by atoms with Crippen molar-refractivity contribution in [2.45, 2.75) is 30.4 Å². The van der Waals surface area contributed by atoms with E-state index in [4.69, 9.17) is 9.47 Å². The van der Waals surface area contributed by atoms with Crippen LogP contribution in [0.15, 0.2) is 23.1 Å². The van der Waals surface area contributed by atoms with Crippen molar-refractivity contribution in [3.05, 3.63) is 23.8 Å². The molecule has 22 heavy (non-hydrogen) atoms. The highest BCUT2D eigenvalue weighted by molar-refractivity contribution is 7.89. The average molecular weight is 329 g/mol. The number of methoxy groups -OCH3 is 2. The first kappa shape index (κ1) is 16.7. The molecule has 1 N–H and O–H groups in total. The van der Waals surface area contributed by atoms with Gasteiger partial charge in [-0.15, -0.1) is 0 Å². The summed E-state index contributed by atoms with van der Waals surface area (Å²) in [7, 11) is -1.05. The Hall–Kier alpha value is -1.64. The summed E-state index contributed by atoms with van der Waals surface area (Å²) in [4.78, 5) is 11.2. The van der Waals surface area contributed by atoms with Crippen molar-refractivity contribution < 1.29 is 27.8 Å². The third kappa shape index (κ3) is 3.08. The summed E-state index contributed by atoms with van der Waals surface area (Å²) >= 11 is 0. The van der Waals surface area contributed by atoms with Gasteiger partial charge >= 0.3 is 5.97 Å². The average Bonchev–Trinajstić information content (AvgIpc) is 2.98. The molecule has 0 bridgehead atoms. The van der Waals surface area contributed by atoms with E-state index in [9.17, 15) is 18.3 Å². The number of aliphatic carboxylic acids is 1. The lowest BCUT2D eigenvalue weighted by atomic mass is 10.2. The molecule has 0 unspecified atom stereocenters. The minimum Gasteiger partial charge on any atom is -0.495 e. The van der Waals surface area contributed by atoms with E-state index < -0.39 is 22.0 Å². The fourth-order valence-corrected chi connectivity index (χ4v) is 4.44. The first-order valence-corrected chi connectivity index (χ1v) is 8.26. The summed E-state index contributed by atoms with van der Waals surface area (Å²) < 4.78 is 36.8. The molecule has 0 radical (unpaired) electrons. The second-order valence-electron chi connectivity index (χ2n) is 5.03. The number of carboxylic acids is 1. The molecule has 2 rings (SSSR count). The van der Waals surface area contributed by atoms with Crippen molar-refractivity contribution in [3.8, 4) is 5.75 Å². The zero-order valence-corrected chi connectivity index (χ0v) is 13.3. The Morgan fingerprint density at radius 2 is 2.14 bits per heavy atom. The van der Waals surface area contributed by atoms with E-state index in [2.05, 4.69) is 0 Å². The van der Waals surface area contributed by atoms with Gasteiger partial charge in [0.05, 0.1) is 13.7 Å². The van der Waals surface area contributed by atoms with Gasteiger partial charge in [-0.3, -0.25) is 4.79 Å². The molecule has 1 atom stereocenters. The number of carboxylic acid groups (broad SMARTS) is 1. The van der Waals surface area contributed by atoms with Crippen molar-refractivity contribution in [2.75, 3.05) is 20.8 Å². The number of hydrogen-bond acceptors (Lipinski definition) is 5. The van der Waals surface area contributed by atoms with Crippen LogP contribution >= 0.6 is 0 Å². The smallest absolute Gasteiger partial charge is 0.322 e. The Bertz CT molecular complexity index is 657. The molecule has 8 heteroatoms. The van der Waals surface area contributed by atoms with Gasteiger partial charge in [-0.25, -0.2) is 8.42 Å². The van der Waals surface area contributed by atoms with Gasteiger partial charge in [-0.05, 0) is 30.5 Å². The SMILES string of the molecule is COCc1ccc(OC)c(S(=O)(=O)N2CCC[C@H]2C(=O)O)c1. The minimum atomic E-state index is -3.94. The van der Waals surface area contributed by atoms with Crippen LogP contribution in [0.1, 0.15) is 18.4 Å². The predicted molar refractivity (Wildman–Crippen MR) is 78.3 cm³/mol. The topological polar surface area (TPSA) is 93.1 Å². The normalized spacial score (nSPS) is 19.3. The minimum absolute atomic E-state index is 0.0299. The molecule has 0 saturated carbocycles. The number of ether oxygens (including phenoxy) is 2. The van der Waals surface area contributed by atoms with Crippen molar-refractivity contribution >= 4 is 16.0 Å². The maximum absolute atomic E-state index is 12.8. The summed E-state index contributed by atoms with van der Waals surface area (Å²) in [6, 6.07) is 3.70. The van der Waals surface area contributed by atoms with Crippen molar-refractivity contribution in [1.29, 1.82) is 0 Å². The lowest BCUT2D eigenvalue weighted by Crippen LogP contribution is -2.40. The van der Waals surface area contributed by atoms with Gasteiger partial charge in [0.2, 0.25) is 10.0 Å². The summed E-state index contributed by atoms with van der Waals surface area (Å²) in [5, 5.41) is 9.20. The molecule has 0 amide bonds. The van der Waals surface area contributed by atoms with Gasteiger partial charge in [-0.2, -0.15) is 4.31 Å². The lowest BCUT2D eigenvalue weighted by Gasteiger charge is -2.22. The molecule has 122 valence electrons. The highest BCUT2D eigenvalue weighted by Crippen LogP contribution is 2.32. The number of benzene rings is 1. The molecule has 7 nitrogen and oxygen atoms in total. The van der Waals surface area contributed by atoms with E-state index in [1.165, 1.54) is 20.3 Å². The van der Waals surface area contributed by atoms with Gasteiger partial charge in [0.1, 0.15) is 16.7 Å². The van der Waals surface area contributed by atoms with Gasteiger partial charge in [0.25, 0.3) is 0 Å². The Balaban J connectivity index is 2.48. The van der Waals surface area contributed by atoms with Crippen LogP contribution in [0, 0.1) is 0 Å². The van der Waals surface area contributed by atoms with Crippen LogP contribution in [-0.2, 0) is 26.2 Å². The van der Waals surface area contributed by atoms with Crippen LogP contribution in [0.5, 0.6) is 5.75 Å². The van der Waals surface area contributed by atoms with Gasteiger partial charge in [0.15, 0.2) is 0 Å². The molecule has 1 aromatic rings. The highest BCUT2D eigenvalue weighted by atomic mass is 32.2. The Labute approximate surface area is 129 Å². The zero-order chi connectivity index (χ0) is 16.3. The lowest BCUT2D eigenvalue weighted by molar-refractivity contribution is -0.140. The van der Waals surface area contributed by atoms with Gasteiger partial charge in [-0.1, -0.05) is 6.07 Å². The number of nitrogens with zero attached hydrogens (tertiary/aromatic N) is 1. The van der Waals surface area contributed by atoms with E-state index >= 15 is 0 Å². The predicted octanol–water partition coefficient (Wildman–Crippen LogP) is 1.08. The molecule has 1 fully saturated rings. The van der Waals surface area contributed by atoms with Crippen molar-refractivity contribution in [3.63, 3.8) is 0 Å². The monoisotopic (exact) mass is 329 g/mol. The fourth-order valence-electron chi connectivity index (χ4n) is 2.58. The largest absolute Gasteiger partial charge is 0.495 e. The third-order valence-corrected chi connectivity index (χ3v) is 5.54. The Kier molecular flexibility index (Phi) is 5.05. The standard InChI is InChI=1S/C14H19NO6S/c1-20-9-10-5-6-12(21-2)13(8-10)22(18,19)15-7-3-4-11(15)14(16)17/h5-6,8,11H,3-4,7,9H2,1-2H3,(H,16,17)/t11-/m0/s1. The third-order valence-electron chi connectivity index (χ3n) is 3.61. The molecule has 1 saturated heterocycles. The number of sulfonamides is 1. The van der Waals surface area contributed by atoms with E-state index in [-0.39, 0.29) is 23.8 Å². The van der Waals surface area contributed by atoms with Crippen LogP contribution in [0.4, 0.5) is 0 Å². The van der Waals surface area contributed by atoms with E-state index in [0.29, 0.717) is 18.4 Å². The summed E-state index contributed by atoms with van der Waals surface area (Å²) in [5.41, 5.74) is 0.674. The number of carbonyl (C=O) groups is 1. The number of rotatable bonds is 6. The highest BCUT2D eigenvalue weighted by Gasteiger charge is 2.40. The Morgan fingerprint density at radius 1 is 1.41 bits per heavy atom. The van der Waals surface area contributed by atoms with Crippen molar-refractivity contribution in [2.24, 2.45) is 0 Å². The van der Waals surface area contributed by atoms with Crippen LogP contribution in [0.25, 0.3) is 0 Å². The van der Waals surface area contributed by atoms with Crippen LogP contribution in [0.3, 0.4) is 0 Å². The molecular formula is C14H19NO6S. The van der Waals surface area contributed by atoms with E-state index in [1.807, 2.05) is 0 Å².